The second kappa shape index (κ2) is 5.16. The van der Waals surface area contributed by atoms with Gasteiger partial charge in [-0.3, -0.25) is 0 Å². The zero-order valence-electron chi connectivity index (χ0n) is 8.01. The first kappa shape index (κ1) is 11.3. The molecule has 0 aliphatic carbocycles. The van der Waals surface area contributed by atoms with Crippen LogP contribution in [0.3, 0.4) is 0 Å². The number of aromatic carboxylic acids is 1. The van der Waals surface area contributed by atoms with E-state index in [1.165, 1.54) is 12.1 Å². The number of carbonyl (C=O) groups is 1. The lowest BCUT2D eigenvalue weighted by atomic mass is 10.3. The summed E-state index contributed by atoms with van der Waals surface area (Å²) in [6, 6.07) is 2.72. The van der Waals surface area contributed by atoms with Crippen molar-refractivity contribution in [2.24, 2.45) is 0 Å². The number of aliphatic hydroxyl groups excluding tert-OH is 1. The highest BCUT2D eigenvalue weighted by molar-refractivity contribution is 5.86. The molecule has 0 atom stereocenters. The molecule has 1 rings (SSSR count). The second-order valence-electron chi connectivity index (χ2n) is 2.82. The summed E-state index contributed by atoms with van der Waals surface area (Å²) in [5.41, 5.74) is 5.68. The van der Waals surface area contributed by atoms with Crippen LogP contribution in [0.1, 0.15) is 16.9 Å². The number of aromatic nitrogens is 1. The van der Waals surface area contributed by atoms with E-state index in [9.17, 15) is 4.79 Å². The van der Waals surface area contributed by atoms with Crippen molar-refractivity contribution in [3.63, 3.8) is 0 Å². The quantitative estimate of drug-likeness (QED) is 0.599. The fraction of sp³-hybridized carbons (Fsp3) is 0.333. The highest BCUT2D eigenvalue weighted by atomic mass is 16.5. The SMILES string of the molecule is Nc1ccc(C(=O)O)nc1OCCCO. The number of nitrogen functional groups attached to an aromatic ring is 1. The predicted molar refractivity (Wildman–Crippen MR) is 52.8 cm³/mol. The van der Waals surface area contributed by atoms with Crippen molar-refractivity contribution >= 4 is 11.7 Å². The summed E-state index contributed by atoms with van der Waals surface area (Å²) in [4.78, 5) is 14.3. The number of nitrogens with two attached hydrogens (primary N) is 1. The largest absolute Gasteiger partial charge is 0.477 e. The summed E-state index contributed by atoms with van der Waals surface area (Å²) in [5.74, 6) is -1.05. The van der Waals surface area contributed by atoms with E-state index in [2.05, 4.69) is 4.98 Å². The smallest absolute Gasteiger partial charge is 0.354 e. The lowest BCUT2D eigenvalue weighted by Gasteiger charge is -2.07. The molecule has 6 nitrogen and oxygen atoms in total. The van der Waals surface area contributed by atoms with Crippen LogP contribution in [0.5, 0.6) is 5.88 Å². The number of aliphatic hydroxyl groups is 1. The van der Waals surface area contributed by atoms with Gasteiger partial charge in [0.15, 0.2) is 5.69 Å². The minimum absolute atomic E-state index is 0.00146. The number of nitrogens with zero attached hydrogens (tertiary/aromatic N) is 1. The standard InChI is InChI=1S/C9H12N2O4/c10-6-2-3-7(9(13)14)11-8(6)15-5-1-4-12/h2-3,12H,1,4-5,10H2,(H,13,14). The van der Waals surface area contributed by atoms with Gasteiger partial charge in [0.1, 0.15) is 0 Å². The first-order valence-electron chi connectivity index (χ1n) is 4.38. The summed E-state index contributed by atoms with van der Waals surface area (Å²) in [5, 5.41) is 17.2. The van der Waals surface area contributed by atoms with Crippen LogP contribution in [-0.2, 0) is 0 Å². The Morgan fingerprint density at radius 3 is 2.87 bits per heavy atom. The number of hydrogen-bond donors (Lipinski definition) is 3. The fourth-order valence-electron chi connectivity index (χ4n) is 0.919. The van der Waals surface area contributed by atoms with Gasteiger partial charge < -0.3 is 20.7 Å². The number of ether oxygens (including phenoxy) is 1. The zero-order valence-corrected chi connectivity index (χ0v) is 8.01. The van der Waals surface area contributed by atoms with Crippen molar-refractivity contribution in [2.75, 3.05) is 18.9 Å². The summed E-state index contributed by atoms with van der Waals surface area (Å²) < 4.78 is 5.11. The number of anilines is 1. The Morgan fingerprint density at radius 1 is 1.53 bits per heavy atom. The van der Waals surface area contributed by atoms with Crippen LogP contribution in [-0.4, -0.2) is 34.4 Å². The van der Waals surface area contributed by atoms with Gasteiger partial charge in [0.25, 0.3) is 0 Å². The van der Waals surface area contributed by atoms with Gasteiger partial charge in [-0.05, 0) is 12.1 Å². The number of hydrogen-bond acceptors (Lipinski definition) is 5. The molecule has 0 amide bonds. The van der Waals surface area contributed by atoms with E-state index in [1.807, 2.05) is 0 Å². The monoisotopic (exact) mass is 212 g/mol. The third-order valence-electron chi connectivity index (χ3n) is 1.65. The molecule has 0 spiro atoms. The minimum atomic E-state index is -1.14. The Bertz CT molecular complexity index is 354. The van der Waals surface area contributed by atoms with Gasteiger partial charge in [-0.1, -0.05) is 0 Å². The maximum Gasteiger partial charge on any atom is 0.354 e. The van der Waals surface area contributed by atoms with Crippen LogP contribution in [0.25, 0.3) is 0 Å². The Balaban J connectivity index is 2.76. The Kier molecular flexibility index (Phi) is 3.87. The molecule has 0 aliphatic rings. The Hall–Kier alpha value is -1.82. The van der Waals surface area contributed by atoms with Crippen LogP contribution < -0.4 is 10.5 Å². The molecule has 1 aromatic heterocycles. The molecular weight excluding hydrogens is 200 g/mol. The number of pyridine rings is 1. The first-order valence-corrected chi connectivity index (χ1v) is 4.38. The van der Waals surface area contributed by atoms with E-state index in [1.54, 1.807) is 0 Å². The van der Waals surface area contributed by atoms with Gasteiger partial charge in [-0.25, -0.2) is 9.78 Å². The predicted octanol–water partition coefficient (Wildman–Crippen LogP) is 0.123. The third kappa shape index (κ3) is 3.10. The Morgan fingerprint density at radius 2 is 2.27 bits per heavy atom. The zero-order chi connectivity index (χ0) is 11.3. The van der Waals surface area contributed by atoms with E-state index in [0.717, 1.165) is 0 Å². The molecule has 1 heterocycles. The average Bonchev–Trinajstić information content (AvgIpc) is 2.20. The van der Waals surface area contributed by atoms with Gasteiger partial charge in [-0.15, -0.1) is 0 Å². The minimum Gasteiger partial charge on any atom is -0.477 e. The van der Waals surface area contributed by atoms with E-state index >= 15 is 0 Å². The maximum atomic E-state index is 10.6. The van der Waals surface area contributed by atoms with Crippen molar-refractivity contribution in [3.8, 4) is 5.88 Å². The molecular formula is C9H12N2O4. The number of carboxylic acids is 1. The average molecular weight is 212 g/mol. The van der Waals surface area contributed by atoms with Crippen LogP contribution in [0, 0.1) is 0 Å². The second-order valence-corrected chi connectivity index (χ2v) is 2.82. The molecule has 0 saturated carbocycles. The summed E-state index contributed by atoms with van der Waals surface area (Å²) in [6.45, 7) is 0.245. The maximum absolute atomic E-state index is 10.6. The molecule has 0 saturated heterocycles. The van der Waals surface area contributed by atoms with Crippen LogP contribution in [0.15, 0.2) is 12.1 Å². The van der Waals surface area contributed by atoms with Crippen molar-refractivity contribution in [2.45, 2.75) is 6.42 Å². The van der Waals surface area contributed by atoms with Crippen molar-refractivity contribution in [1.29, 1.82) is 0 Å². The van der Waals surface area contributed by atoms with Crippen molar-refractivity contribution in [1.82, 2.24) is 4.98 Å². The van der Waals surface area contributed by atoms with Gasteiger partial charge in [0.05, 0.1) is 12.3 Å². The number of carboxylic acid groups (broad SMARTS) is 1. The highest BCUT2D eigenvalue weighted by Crippen LogP contribution is 2.18. The molecule has 1 aromatic rings. The summed E-state index contributed by atoms with van der Waals surface area (Å²) in [7, 11) is 0. The van der Waals surface area contributed by atoms with Gasteiger partial charge in [0, 0.05) is 13.0 Å². The molecule has 0 radical (unpaired) electrons. The fourth-order valence-corrected chi connectivity index (χ4v) is 0.919. The molecule has 82 valence electrons. The molecule has 0 aromatic carbocycles. The van der Waals surface area contributed by atoms with Gasteiger partial charge in [-0.2, -0.15) is 0 Å². The van der Waals surface area contributed by atoms with Crippen molar-refractivity contribution in [3.05, 3.63) is 17.8 Å². The molecule has 0 aliphatic heterocycles. The Labute approximate surface area is 86.3 Å². The molecule has 0 unspecified atom stereocenters. The van der Waals surface area contributed by atoms with Gasteiger partial charge >= 0.3 is 5.97 Å². The van der Waals surface area contributed by atoms with E-state index < -0.39 is 5.97 Å². The third-order valence-corrected chi connectivity index (χ3v) is 1.65. The molecule has 4 N–H and O–H groups in total. The van der Waals surface area contributed by atoms with Crippen LogP contribution >= 0.6 is 0 Å². The summed E-state index contributed by atoms with van der Waals surface area (Å²) in [6.07, 6.45) is 0.443. The lowest BCUT2D eigenvalue weighted by Crippen LogP contribution is -2.07. The first-order chi connectivity index (χ1) is 7.15. The molecule has 6 heteroatoms. The van der Waals surface area contributed by atoms with Gasteiger partial charge in [0.2, 0.25) is 5.88 Å². The van der Waals surface area contributed by atoms with E-state index in [-0.39, 0.29) is 30.5 Å². The van der Waals surface area contributed by atoms with Crippen molar-refractivity contribution < 1.29 is 19.7 Å². The van der Waals surface area contributed by atoms with E-state index in [0.29, 0.717) is 6.42 Å². The molecule has 0 bridgehead atoms. The molecule has 0 fully saturated rings. The lowest BCUT2D eigenvalue weighted by molar-refractivity contribution is 0.0689. The number of rotatable bonds is 5. The van der Waals surface area contributed by atoms with E-state index in [4.69, 9.17) is 20.7 Å². The van der Waals surface area contributed by atoms with Crippen LogP contribution in [0.2, 0.25) is 0 Å². The molecule has 15 heavy (non-hydrogen) atoms. The normalized spacial score (nSPS) is 9.93. The summed E-state index contributed by atoms with van der Waals surface area (Å²) >= 11 is 0. The van der Waals surface area contributed by atoms with Crippen LogP contribution in [0.4, 0.5) is 5.69 Å². The topological polar surface area (TPSA) is 106 Å². The highest BCUT2D eigenvalue weighted by Gasteiger charge is 2.09.